The molecule has 0 nitrogen and oxygen atoms in total. The second kappa shape index (κ2) is 21.7. The summed E-state index contributed by atoms with van der Waals surface area (Å²) >= 11 is 2.57. The monoisotopic (exact) mass is 1030 g/mol. The quantitative estimate of drug-likeness (QED) is 0.0923. The summed E-state index contributed by atoms with van der Waals surface area (Å²) in [6, 6.07) is 50.2. The molecular formula is C66H77IS. The van der Waals surface area contributed by atoms with Crippen molar-refractivity contribution in [2.75, 3.05) is 0 Å². The van der Waals surface area contributed by atoms with Crippen molar-refractivity contribution in [3.8, 4) is 66.8 Å². The van der Waals surface area contributed by atoms with Gasteiger partial charge in [0.1, 0.15) is 0 Å². The van der Waals surface area contributed by atoms with E-state index in [0.29, 0.717) is 47.3 Å². The van der Waals surface area contributed by atoms with Gasteiger partial charge in [-0.15, -0.1) is 0 Å². The van der Waals surface area contributed by atoms with Gasteiger partial charge in [0.25, 0.3) is 0 Å². The van der Waals surface area contributed by atoms with Crippen LogP contribution in [-0.4, -0.2) is 0 Å². The molecular weight excluding hydrogens is 952 g/mol. The van der Waals surface area contributed by atoms with E-state index >= 15 is 0 Å². The van der Waals surface area contributed by atoms with Crippen LogP contribution in [0.3, 0.4) is 0 Å². The highest BCUT2D eigenvalue weighted by Gasteiger charge is 2.25. The Hall–Kier alpha value is -4.38. The van der Waals surface area contributed by atoms with Gasteiger partial charge in [-0.05, 0) is 195 Å². The van der Waals surface area contributed by atoms with Crippen LogP contribution in [-0.2, 0) is 0 Å². The summed E-state index contributed by atoms with van der Waals surface area (Å²) in [6.45, 7) is 37.6. The molecule has 354 valence electrons. The van der Waals surface area contributed by atoms with Gasteiger partial charge >= 0.3 is 0 Å². The van der Waals surface area contributed by atoms with Crippen molar-refractivity contribution in [1.82, 2.24) is 0 Å². The zero-order chi connectivity index (χ0) is 49.3. The third-order valence-corrected chi connectivity index (χ3v) is 16.1. The highest BCUT2D eigenvalue weighted by atomic mass is 127. The van der Waals surface area contributed by atoms with Gasteiger partial charge in [-0.1, -0.05) is 211 Å². The van der Waals surface area contributed by atoms with E-state index in [9.17, 15) is 0 Å². The minimum atomic E-state index is 0.379. The molecule has 0 saturated carbocycles. The van der Waals surface area contributed by atoms with Gasteiger partial charge in [0.15, 0.2) is 0 Å². The highest BCUT2D eigenvalue weighted by molar-refractivity contribution is 14.2. The lowest BCUT2D eigenvalue weighted by atomic mass is 9.80. The summed E-state index contributed by atoms with van der Waals surface area (Å²) in [6.07, 6.45) is 0. The summed E-state index contributed by atoms with van der Waals surface area (Å²) < 4.78 is 0. The average molecular weight is 1030 g/mol. The van der Waals surface area contributed by atoms with Crippen molar-refractivity contribution < 1.29 is 0 Å². The predicted octanol–water partition coefficient (Wildman–Crippen LogP) is 22.1. The molecule has 0 aromatic heterocycles. The number of benzene rings is 7. The van der Waals surface area contributed by atoms with Crippen LogP contribution < -0.4 is 0 Å². The predicted molar refractivity (Wildman–Crippen MR) is 312 cm³/mol. The number of hydrogen-bond acceptors (Lipinski definition) is 1. The molecule has 2 heteroatoms. The van der Waals surface area contributed by atoms with E-state index in [4.69, 9.17) is 0 Å². The summed E-state index contributed by atoms with van der Waals surface area (Å²) in [5.41, 5.74) is 27.1. The van der Waals surface area contributed by atoms with Gasteiger partial charge in [0.05, 0.1) is 0 Å². The maximum absolute atomic E-state index is 2.57. The zero-order valence-electron chi connectivity index (χ0n) is 44.0. The molecule has 0 radical (unpaired) electrons. The van der Waals surface area contributed by atoms with Crippen LogP contribution in [0.4, 0.5) is 0 Å². The molecule has 0 unspecified atom stereocenters. The summed E-state index contributed by atoms with van der Waals surface area (Å²) in [5.74, 6) is 3.03. The van der Waals surface area contributed by atoms with Crippen LogP contribution in [0.1, 0.15) is 203 Å². The first kappa shape index (κ1) is 51.5. The molecule has 0 aliphatic heterocycles. The molecule has 0 saturated heterocycles. The topological polar surface area (TPSA) is 0 Å². The Morgan fingerprint density at radius 1 is 0.265 bits per heavy atom. The van der Waals surface area contributed by atoms with Gasteiger partial charge < -0.3 is 0 Å². The maximum atomic E-state index is 2.57. The Balaban J connectivity index is 1.61. The molecule has 0 amide bonds. The summed E-state index contributed by atoms with van der Waals surface area (Å²) in [4.78, 5) is 1.30. The molecule has 68 heavy (non-hydrogen) atoms. The van der Waals surface area contributed by atoms with Gasteiger partial charge in [-0.2, -0.15) is 0 Å². The third-order valence-electron chi connectivity index (χ3n) is 14.2. The van der Waals surface area contributed by atoms with Crippen molar-refractivity contribution in [2.45, 2.75) is 163 Å². The number of hydrogen-bond donors (Lipinski definition) is 0. The second-order valence-corrected chi connectivity index (χ2v) is 23.7. The van der Waals surface area contributed by atoms with Crippen LogP contribution in [0.5, 0.6) is 0 Å². The van der Waals surface area contributed by atoms with Crippen LogP contribution in [0.15, 0.2) is 132 Å². The van der Waals surface area contributed by atoms with Crippen molar-refractivity contribution in [2.24, 2.45) is 0 Å². The Labute approximate surface area is 428 Å². The van der Waals surface area contributed by atoms with E-state index in [0.717, 1.165) is 0 Å². The average Bonchev–Trinajstić information content (AvgIpc) is 3.32. The van der Waals surface area contributed by atoms with Gasteiger partial charge in [-0.3, -0.25) is 0 Å². The normalized spacial score (nSPS) is 12.1. The Bertz CT molecular complexity index is 2440. The van der Waals surface area contributed by atoms with E-state index in [1.807, 2.05) is 8.93 Å². The lowest BCUT2D eigenvalue weighted by Gasteiger charge is -2.25. The molecule has 0 heterocycles. The first-order valence-corrected chi connectivity index (χ1v) is 28.9. The largest absolute Gasteiger partial charge is 0.0617 e. The number of halogens is 1. The van der Waals surface area contributed by atoms with Crippen LogP contribution in [0.2, 0.25) is 0 Å². The van der Waals surface area contributed by atoms with E-state index in [2.05, 4.69) is 259 Å². The maximum Gasteiger partial charge on any atom is 0.0335 e. The van der Waals surface area contributed by atoms with E-state index < -0.39 is 0 Å². The molecule has 7 aromatic rings. The molecule has 0 bridgehead atoms. The van der Waals surface area contributed by atoms with Crippen LogP contribution >= 0.6 is 30.1 Å². The summed E-state index contributed by atoms with van der Waals surface area (Å²) in [7, 11) is 1.85. The lowest BCUT2D eigenvalue weighted by Crippen LogP contribution is -2.03. The van der Waals surface area contributed by atoms with Crippen LogP contribution in [0, 0.1) is 0 Å². The SMILES string of the molecule is CC(C)c1cccc(C(C)C)c1-c1cc(-c2cccc(-c3cc(-c4c(C(C)C)cccc4C(C)C)cc(-c4c(C(C)C)cccc4C(C)C)c3)c2SI)cc(-c2c(C(C)C)cccc2C(C)C)c1. The van der Waals surface area contributed by atoms with Gasteiger partial charge in [0, 0.05) is 26.1 Å². The van der Waals surface area contributed by atoms with E-state index in [1.165, 1.54) is 116 Å². The molecule has 0 aliphatic rings. The Morgan fingerprint density at radius 2 is 0.441 bits per heavy atom. The minimum Gasteiger partial charge on any atom is -0.0617 e. The standard InChI is InChI=1S/C66H77IS/c1-38(2)52-22-17-23-53(39(3)4)62(52)48-32-46(33-49(36-48)63-54(40(5)6)24-18-25-55(63)41(7)8)60-30-21-31-61(66(60)68-67)47-34-50(64-56(42(9)10)26-19-27-57(64)43(11)12)37-51(35-47)65-58(44(13)14)28-20-29-59(65)45(15)16/h17-45H,1-16H3. The molecule has 7 rings (SSSR count). The molecule has 7 aromatic carbocycles. The fraction of sp³-hybridized carbons (Fsp3) is 0.364. The van der Waals surface area contributed by atoms with Crippen molar-refractivity contribution in [3.63, 3.8) is 0 Å². The molecule has 0 atom stereocenters. The third kappa shape index (κ3) is 10.4. The van der Waals surface area contributed by atoms with Crippen molar-refractivity contribution >= 4 is 30.1 Å². The first-order valence-electron chi connectivity index (χ1n) is 25.6. The lowest BCUT2D eigenvalue weighted by molar-refractivity contribution is 0.836. The zero-order valence-corrected chi connectivity index (χ0v) is 47.0. The second-order valence-electron chi connectivity index (χ2n) is 21.8. The molecule has 0 N–H and O–H groups in total. The highest BCUT2D eigenvalue weighted by Crippen LogP contribution is 2.50. The molecule has 0 fully saturated rings. The Morgan fingerprint density at radius 3 is 0.618 bits per heavy atom. The van der Waals surface area contributed by atoms with Crippen LogP contribution in [0.25, 0.3) is 66.8 Å². The fourth-order valence-corrected chi connectivity index (χ4v) is 12.7. The Kier molecular flexibility index (Phi) is 16.4. The molecule has 0 aliphatic carbocycles. The van der Waals surface area contributed by atoms with Crippen molar-refractivity contribution in [3.05, 3.63) is 172 Å². The van der Waals surface area contributed by atoms with Gasteiger partial charge in [-0.25, -0.2) is 0 Å². The van der Waals surface area contributed by atoms with E-state index in [1.54, 1.807) is 0 Å². The van der Waals surface area contributed by atoms with Crippen molar-refractivity contribution in [1.29, 1.82) is 0 Å². The minimum absolute atomic E-state index is 0.379. The first-order chi connectivity index (χ1) is 32.3. The molecule has 0 spiro atoms. The smallest absolute Gasteiger partial charge is 0.0335 e. The fourth-order valence-electron chi connectivity index (χ4n) is 10.8. The van der Waals surface area contributed by atoms with E-state index in [-0.39, 0.29) is 0 Å². The summed E-state index contributed by atoms with van der Waals surface area (Å²) in [5, 5.41) is 0. The van der Waals surface area contributed by atoms with Gasteiger partial charge in [0.2, 0.25) is 0 Å². The number of rotatable bonds is 15.